The molecule has 0 aliphatic heterocycles. The number of nitrogens with two attached hydrogens (primary N) is 1. The Balaban J connectivity index is 1.69. The summed E-state index contributed by atoms with van der Waals surface area (Å²) in [7, 11) is 1.68. The molecule has 0 aromatic carbocycles. The molecule has 0 radical (unpaired) electrons. The van der Waals surface area contributed by atoms with E-state index in [1.165, 1.54) is 0 Å². The van der Waals surface area contributed by atoms with Gasteiger partial charge in [-0.05, 0) is 56.9 Å². The van der Waals surface area contributed by atoms with E-state index in [-0.39, 0.29) is 11.6 Å². The molecule has 172 valence electrons. The molecular formula is C25H28FN5O2. The van der Waals surface area contributed by atoms with Gasteiger partial charge in [-0.3, -0.25) is 0 Å². The maximum atomic E-state index is 14.8. The van der Waals surface area contributed by atoms with Crippen molar-refractivity contribution in [1.29, 1.82) is 0 Å². The molecule has 0 spiro atoms. The molecule has 3 heterocycles. The zero-order valence-electron chi connectivity index (χ0n) is 18.8. The lowest BCUT2D eigenvalue weighted by molar-refractivity contribution is 0.110. The number of hydrogen-bond donors (Lipinski definition) is 2. The Bertz CT molecular complexity index is 1250. The van der Waals surface area contributed by atoms with Crippen molar-refractivity contribution in [2.45, 2.75) is 63.0 Å². The van der Waals surface area contributed by atoms with E-state index in [9.17, 15) is 9.50 Å². The molecular weight excluding hydrogens is 421 g/mol. The van der Waals surface area contributed by atoms with E-state index in [1.54, 1.807) is 7.11 Å². The van der Waals surface area contributed by atoms with E-state index >= 15 is 0 Å². The highest BCUT2D eigenvalue weighted by molar-refractivity contribution is 5.97. The van der Waals surface area contributed by atoms with Gasteiger partial charge in [0.25, 0.3) is 0 Å². The number of rotatable bonds is 6. The number of ether oxygens (including phenoxy) is 1. The van der Waals surface area contributed by atoms with Crippen LogP contribution in [0.15, 0.2) is 18.5 Å². The second-order valence-electron chi connectivity index (χ2n) is 9.06. The zero-order valence-corrected chi connectivity index (χ0v) is 18.8. The molecule has 2 fully saturated rings. The number of aryl methyl sites for hydroxylation is 1. The van der Waals surface area contributed by atoms with Gasteiger partial charge in [0.2, 0.25) is 5.95 Å². The third-order valence-corrected chi connectivity index (χ3v) is 6.47. The summed E-state index contributed by atoms with van der Waals surface area (Å²) in [5.41, 5.74) is 8.19. The lowest BCUT2D eigenvalue weighted by atomic mass is 10.0. The van der Waals surface area contributed by atoms with Crippen LogP contribution in [-0.4, -0.2) is 43.9 Å². The average molecular weight is 450 g/mol. The minimum atomic E-state index is -0.946. The van der Waals surface area contributed by atoms with Crippen molar-refractivity contribution in [2.75, 3.05) is 19.5 Å². The predicted octanol–water partition coefficient (Wildman–Crippen LogP) is 3.79. The Labute approximate surface area is 192 Å². The second-order valence-corrected chi connectivity index (χ2v) is 9.06. The fourth-order valence-corrected chi connectivity index (χ4v) is 4.64. The van der Waals surface area contributed by atoms with Gasteiger partial charge in [0.05, 0.1) is 17.4 Å². The first kappa shape index (κ1) is 21.8. The molecule has 2 aliphatic rings. The Morgan fingerprint density at radius 1 is 1.30 bits per heavy atom. The minimum absolute atomic E-state index is 0.0200. The minimum Gasteiger partial charge on any atom is -0.385 e. The largest absolute Gasteiger partial charge is 0.385 e. The van der Waals surface area contributed by atoms with Gasteiger partial charge >= 0.3 is 0 Å². The summed E-state index contributed by atoms with van der Waals surface area (Å²) in [6.45, 7) is 1.33. The molecule has 0 unspecified atom stereocenters. The summed E-state index contributed by atoms with van der Waals surface area (Å²) < 4.78 is 22.1. The maximum absolute atomic E-state index is 14.8. The predicted molar refractivity (Wildman–Crippen MR) is 124 cm³/mol. The van der Waals surface area contributed by atoms with Crippen molar-refractivity contribution >= 4 is 16.9 Å². The number of methoxy groups -OCH3 is 1. The number of halogens is 1. The molecule has 8 heteroatoms. The molecule has 0 saturated heterocycles. The van der Waals surface area contributed by atoms with E-state index in [4.69, 9.17) is 15.5 Å². The zero-order chi connectivity index (χ0) is 23.0. The molecule has 3 N–H and O–H groups in total. The lowest BCUT2D eigenvalue weighted by Crippen LogP contribution is -2.20. The maximum Gasteiger partial charge on any atom is 0.220 e. The Morgan fingerprint density at radius 2 is 2.09 bits per heavy atom. The van der Waals surface area contributed by atoms with Crippen molar-refractivity contribution < 1.29 is 14.2 Å². The molecule has 7 nitrogen and oxygen atoms in total. The van der Waals surface area contributed by atoms with Crippen molar-refractivity contribution in [3.05, 3.63) is 35.7 Å². The number of fused-ring (bicyclic) bond motifs is 1. The standard InChI is InChI=1S/C25H28FN5O2/c1-33-12-4-11-31-15-19(22-20(26)14-28-24(27)30-22)18-13-17(7-10-25(32)8-2-3-9-25)29-21(23(18)31)16-5-6-16/h13-16,32H,2-6,8-9,11-12H2,1H3,(H2,27,28,30). The Kier molecular flexibility index (Phi) is 5.77. The van der Waals surface area contributed by atoms with Crippen LogP contribution in [0.1, 0.15) is 62.3 Å². The van der Waals surface area contributed by atoms with Crippen molar-refractivity contribution in [1.82, 2.24) is 19.5 Å². The van der Waals surface area contributed by atoms with Crippen LogP contribution in [0.2, 0.25) is 0 Å². The van der Waals surface area contributed by atoms with Crippen LogP contribution in [0, 0.1) is 17.7 Å². The highest BCUT2D eigenvalue weighted by Crippen LogP contribution is 2.44. The molecule has 0 bridgehead atoms. The van der Waals surface area contributed by atoms with Crippen LogP contribution in [0.5, 0.6) is 0 Å². The summed E-state index contributed by atoms with van der Waals surface area (Å²) in [5.74, 6) is 6.02. The van der Waals surface area contributed by atoms with E-state index in [0.29, 0.717) is 43.2 Å². The fraction of sp³-hybridized carbons (Fsp3) is 0.480. The average Bonchev–Trinajstić information content (AvgIpc) is 3.47. The van der Waals surface area contributed by atoms with Crippen LogP contribution in [0.25, 0.3) is 22.2 Å². The van der Waals surface area contributed by atoms with E-state index < -0.39 is 11.4 Å². The first-order valence-corrected chi connectivity index (χ1v) is 11.5. The number of pyridine rings is 1. The number of aliphatic hydroxyl groups is 1. The van der Waals surface area contributed by atoms with E-state index in [1.807, 2.05) is 12.3 Å². The van der Waals surface area contributed by atoms with E-state index in [2.05, 4.69) is 26.4 Å². The van der Waals surface area contributed by atoms with Crippen molar-refractivity contribution in [3.63, 3.8) is 0 Å². The first-order valence-electron chi connectivity index (χ1n) is 11.5. The van der Waals surface area contributed by atoms with Crippen molar-refractivity contribution in [3.8, 4) is 23.1 Å². The summed E-state index contributed by atoms with van der Waals surface area (Å²) in [4.78, 5) is 12.9. The van der Waals surface area contributed by atoms with Gasteiger partial charge in [0.15, 0.2) is 5.82 Å². The van der Waals surface area contributed by atoms with Gasteiger partial charge in [-0.2, -0.15) is 0 Å². The summed E-state index contributed by atoms with van der Waals surface area (Å²) >= 11 is 0. The number of aromatic nitrogens is 4. The molecule has 2 saturated carbocycles. The van der Waals surface area contributed by atoms with Crippen LogP contribution in [0.4, 0.5) is 10.3 Å². The van der Waals surface area contributed by atoms with Crippen LogP contribution >= 0.6 is 0 Å². The quantitative estimate of drug-likeness (QED) is 0.439. The smallest absolute Gasteiger partial charge is 0.220 e. The Hall–Kier alpha value is -3.02. The fourth-order valence-electron chi connectivity index (χ4n) is 4.64. The van der Waals surface area contributed by atoms with Crippen molar-refractivity contribution in [2.24, 2.45) is 0 Å². The number of nitrogens with zero attached hydrogens (tertiary/aromatic N) is 4. The normalized spacial score (nSPS) is 17.3. The molecule has 2 aliphatic carbocycles. The van der Waals surface area contributed by atoms with E-state index in [0.717, 1.165) is 54.9 Å². The number of nitrogen functional groups attached to an aromatic ring is 1. The molecule has 5 rings (SSSR count). The van der Waals surface area contributed by atoms with Crippen LogP contribution < -0.4 is 5.73 Å². The number of anilines is 1. The molecule has 0 atom stereocenters. The molecule has 0 amide bonds. The summed E-state index contributed by atoms with van der Waals surface area (Å²) in [5, 5.41) is 11.5. The van der Waals surface area contributed by atoms with Gasteiger partial charge in [0.1, 0.15) is 17.0 Å². The van der Waals surface area contributed by atoms with Gasteiger partial charge in [-0.15, -0.1) is 0 Å². The number of hydrogen-bond acceptors (Lipinski definition) is 6. The topological polar surface area (TPSA) is 99.1 Å². The molecule has 33 heavy (non-hydrogen) atoms. The third kappa shape index (κ3) is 4.43. The Morgan fingerprint density at radius 3 is 2.82 bits per heavy atom. The van der Waals surface area contributed by atoms with Gasteiger partial charge in [0, 0.05) is 43.3 Å². The highest BCUT2D eigenvalue weighted by atomic mass is 19.1. The summed E-state index contributed by atoms with van der Waals surface area (Å²) in [6, 6.07) is 1.88. The van der Waals surface area contributed by atoms with Gasteiger partial charge in [-0.1, -0.05) is 5.92 Å². The van der Waals surface area contributed by atoms with Gasteiger partial charge in [-0.25, -0.2) is 19.3 Å². The SMILES string of the molecule is COCCCn1cc(-c2nc(N)ncc2F)c2cc(C#CC3(O)CCCC3)nc(C3CC3)c21. The first-order chi connectivity index (χ1) is 16.0. The highest BCUT2D eigenvalue weighted by Gasteiger charge is 2.31. The van der Waals surface area contributed by atoms with Crippen LogP contribution in [0.3, 0.4) is 0 Å². The van der Waals surface area contributed by atoms with Crippen LogP contribution in [-0.2, 0) is 11.3 Å². The lowest BCUT2D eigenvalue weighted by Gasteiger charge is -2.13. The second kappa shape index (κ2) is 8.73. The monoisotopic (exact) mass is 449 g/mol. The third-order valence-electron chi connectivity index (χ3n) is 6.47. The van der Waals surface area contributed by atoms with Gasteiger partial charge < -0.3 is 20.1 Å². The molecule has 3 aromatic rings. The summed E-state index contributed by atoms with van der Waals surface area (Å²) in [6.07, 6.45) is 9.29. The molecule has 3 aromatic heterocycles.